The Morgan fingerprint density at radius 1 is 1.19 bits per heavy atom. The molecule has 0 aliphatic carbocycles. The minimum Gasteiger partial charge on any atom is -0.493 e. The maximum absolute atomic E-state index is 11.8. The smallest absolute Gasteiger partial charge is 0.411 e. The van der Waals surface area contributed by atoms with E-state index in [1.54, 1.807) is 12.1 Å². The largest absolute Gasteiger partial charge is 0.493 e. The van der Waals surface area contributed by atoms with E-state index in [4.69, 9.17) is 21.1 Å². The van der Waals surface area contributed by atoms with Gasteiger partial charge in [-0.2, -0.15) is 13.2 Å². The molecule has 1 aromatic carbocycles. The average Bonchev–Trinajstić information content (AvgIpc) is 2.40. The van der Waals surface area contributed by atoms with E-state index < -0.39 is 12.8 Å². The number of rotatable bonds is 8. The molecule has 8 heteroatoms. The third kappa shape index (κ3) is 6.41. The lowest BCUT2D eigenvalue weighted by Crippen LogP contribution is -2.23. The van der Waals surface area contributed by atoms with E-state index in [1.165, 1.54) is 14.2 Å². The van der Waals surface area contributed by atoms with Gasteiger partial charge in [0.05, 0.1) is 25.8 Å². The molecule has 0 unspecified atom stereocenters. The van der Waals surface area contributed by atoms with Crippen LogP contribution >= 0.6 is 11.6 Å². The SMILES string of the molecule is COc1cc(CNCCOCC(F)(F)F)cc(Cl)c1OC. The summed E-state index contributed by atoms with van der Waals surface area (Å²) in [6, 6.07) is 3.45. The molecule has 0 fully saturated rings. The molecule has 0 aliphatic heterocycles. The monoisotopic (exact) mass is 327 g/mol. The summed E-state index contributed by atoms with van der Waals surface area (Å²) in [5.74, 6) is 0.937. The quantitative estimate of drug-likeness (QED) is 0.745. The lowest BCUT2D eigenvalue weighted by Gasteiger charge is -2.12. The normalized spacial score (nSPS) is 11.5. The van der Waals surface area contributed by atoms with Crippen molar-refractivity contribution in [2.45, 2.75) is 12.7 Å². The first kappa shape index (κ1) is 17.9. The fourth-order valence-corrected chi connectivity index (χ4v) is 1.95. The third-order valence-electron chi connectivity index (χ3n) is 2.51. The molecule has 21 heavy (non-hydrogen) atoms. The first-order chi connectivity index (χ1) is 9.87. The molecular weight excluding hydrogens is 311 g/mol. The Bertz CT molecular complexity index is 455. The highest BCUT2D eigenvalue weighted by Crippen LogP contribution is 2.35. The van der Waals surface area contributed by atoms with Crippen molar-refractivity contribution in [2.75, 3.05) is 34.0 Å². The van der Waals surface area contributed by atoms with Gasteiger partial charge in [-0.3, -0.25) is 0 Å². The maximum atomic E-state index is 11.8. The van der Waals surface area contributed by atoms with E-state index in [2.05, 4.69) is 10.1 Å². The fourth-order valence-electron chi connectivity index (χ4n) is 1.64. The number of hydrogen-bond donors (Lipinski definition) is 1. The summed E-state index contributed by atoms with van der Waals surface area (Å²) in [6.45, 7) is -0.547. The van der Waals surface area contributed by atoms with Crippen molar-refractivity contribution < 1.29 is 27.4 Å². The van der Waals surface area contributed by atoms with Gasteiger partial charge in [0.15, 0.2) is 11.5 Å². The Hall–Kier alpha value is -1.18. The molecule has 120 valence electrons. The second kappa shape index (κ2) is 8.31. The van der Waals surface area contributed by atoms with Gasteiger partial charge >= 0.3 is 6.18 Å². The van der Waals surface area contributed by atoms with Crippen LogP contribution in [-0.2, 0) is 11.3 Å². The lowest BCUT2D eigenvalue weighted by molar-refractivity contribution is -0.173. The van der Waals surface area contributed by atoms with Crippen molar-refractivity contribution in [3.05, 3.63) is 22.7 Å². The van der Waals surface area contributed by atoms with Crippen molar-refractivity contribution in [3.8, 4) is 11.5 Å². The van der Waals surface area contributed by atoms with Crippen LogP contribution in [0.4, 0.5) is 13.2 Å². The molecule has 1 N–H and O–H groups in total. The molecule has 0 spiro atoms. The van der Waals surface area contributed by atoms with Gasteiger partial charge in [-0.1, -0.05) is 11.6 Å². The van der Waals surface area contributed by atoms with Crippen LogP contribution in [0.2, 0.25) is 5.02 Å². The number of benzene rings is 1. The summed E-state index contributed by atoms with van der Waals surface area (Å²) in [5, 5.41) is 3.36. The molecule has 0 radical (unpaired) electrons. The van der Waals surface area contributed by atoms with Crippen LogP contribution in [0.1, 0.15) is 5.56 Å². The number of nitrogens with one attached hydrogen (secondary N) is 1. The van der Waals surface area contributed by atoms with Crippen LogP contribution in [-0.4, -0.2) is 40.2 Å². The second-order valence-electron chi connectivity index (χ2n) is 4.16. The molecule has 0 saturated carbocycles. The summed E-state index contributed by atoms with van der Waals surface area (Å²) < 4.78 is 50.3. The first-order valence-corrected chi connectivity index (χ1v) is 6.50. The average molecular weight is 328 g/mol. The highest BCUT2D eigenvalue weighted by Gasteiger charge is 2.27. The van der Waals surface area contributed by atoms with Crippen LogP contribution in [0.25, 0.3) is 0 Å². The van der Waals surface area contributed by atoms with Crippen LogP contribution in [0, 0.1) is 0 Å². The molecule has 0 saturated heterocycles. The fraction of sp³-hybridized carbons (Fsp3) is 0.538. The molecule has 0 atom stereocenters. The van der Waals surface area contributed by atoms with Crippen LogP contribution in [0.3, 0.4) is 0 Å². The van der Waals surface area contributed by atoms with E-state index in [-0.39, 0.29) is 6.61 Å². The van der Waals surface area contributed by atoms with Crippen molar-refractivity contribution >= 4 is 11.6 Å². The number of hydrogen-bond acceptors (Lipinski definition) is 4. The van der Waals surface area contributed by atoms with E-state index in [0.29, 0.717) is 29.6 Å². The van der Waals surface area contributed by atoms with Gasteiger partial charge in [-0.25, -0.2) is 0 Å². The van der Waals surface area contributed by atoms with Gasteiger partial charge in [0, 0.05) is 13.1 Å². The second-order valence-corrected chi connectivity index (χ2v) is 4.56. The van der Waals surface area contributed by atoms with Gasteiger partial charge in [-0.05, 0) is 17.7 Å². The van der Waals surface area contributed by atoms with Crippen LogP contribution in [0.15, 0.2) is 12.1 Å². The number of methoxy groups -OCH3 is 2. The summed E-state index contributed by atoms with van der Waals surface area (Å²) in [6.07, 6.45) is -4.29. The molecule has 0 amide bonds. The predicted octanol–water partition coefficient (Wildman–Crippen LogP) is 3.03. The summed E-state index contributed by atoms with van der Waals surface area (Å²) >= 11 is 6.04. The van der Waals surface area contributed by atoms with Crippen molar-refractivity contribution in [1.82, 2.24) is 5.32 Å². The van der Waals surface area contributed by atoms with E-state index in [1.807, 2.05) is 0 Å². The first-order valence-electron chi connectivity index (χ1n) is 6.13. The van der Waals surface area contributed by atoms with Crippen molar-refractivity contribution in [2.24, 2.45) is 0 Å². The standard InChI is InChI=1S/C13H17ClF3NO3/c1-19-11-6-9(5-10(14)12(11)20-2)7-18-3-4-21-8-13(15,16)17/h5-6,18H,3-4,7-8H2,1-2H3. The Balaban J connectivity index is 2.41. The van der Waals surface area contributed by atoms with Gasteiger partial charge in [0.2, 0.25) is 0 Å². The molecule has 4 nitrogen and oxygen atoms in total. The van der Waals surface area contributed by atoms with Gasteiger partial charge in [0.25, 0.3) is 0 Å². The van der Waals surface area contributed by atoms with E-state index in [9.17, 15) is 13.2 Å². The minimum atomic E-state index is -4.29. The van der Waals surface area contributed by atoms with Gasteiger partial charge in [0.1, 0.15) is 6.61 Å². The molecular formula is C13H17ClF3NO3. The van der Waals surface area contributed by atoms with E-state index in [0.717, 1.165) is 5.56 Å². The zero-order valence-corrected chi connectivity index (χ0v) is 12.5. The van der Waals surface area contributed by atoms with Crippen LogP contribution < -0.4 is 14.8 Å². The van der Waals surface area contributed by atoms with Crippen molar-refractivity contribution in [1.29, 1.82) is 0 Å². The zero-order valence-electron chi connectivity index (χ0n) is 11.7. The zero-order chi connectivity index (χ0) is 15.9. The van der Waals surface area contributed by atoms with Crippen molar-refractivity contribution in [3.63, 3.8) is 0 Å². The molecule has 1 aromatic rings. The lowest BCUT2D eigenvalue weighted by atomic mass is 10.2. The minimum absolute atomic E-state index is 0.0273. The Morgan fingerprint density at radius 3 is 2.48 bits per heavy atom. The third-order valence-corrected chi connectivity index (χ3v) is 2.79. The summed E-state index contributed by atoms with van der Waals surface area (Å²) in [4.78, 5) is 0. The maximum Gasteiger partial charge on any atom is 0.411 e. The molecule has 1 rings (SSSR count). The van der Waals surface area contributed by atoms with Gasteiger partial charge < -0.3 is 19.5 Å². The Morgan fingerprint density at radius 2 is 1.90 bits per heavy atom. The highest BCUT2D eigenvalue weighted by atomic mass is 35.5. The molecule has 0 bridgehead atoms. The number of alkyl halides is 3. The van der Waals surface area contributed by atoms with Gasteiger partial charge in [-0.15, -0.1) is 0 Å². The topological polar surface area (TPSA) is 39.7 Å². The predicted molar refractivity (Wildman–Crippen MR) is 73.1 cm³/mol. The summed E-state index contributed by atoms with van der Waals surface area (Å²) in [7, 11) is 2.98. The molecule has 0 aromatic heterocycles. The highest BCUT2D eigenvalue weighted by molar-refractivity contribution is 6.32. The summed E-state index contributed by atoms with van der Waals surface area (Å²) in [5.41, 5.74) is 0.827. The number of ether oxygens (including phenoxy) is 3. The molecule has 0 heterocycles. The van der Waals surface area contributed by atoms with E-state index >= 15 is 0 Å². The number of halogens is 4. The Kier molecular flexibility index (Phi) is 7.07. The van der Waals surface area contributed by atoms with Crippen LogP contribution in [0.5, 0.6) is 11.5 Å². The Labute approximate surface area is 126 Å². The molecule has 0 aliphatic rings.